The van der Waals surface area contributed by atoms with Gasteiger partial charge in [0.05, 0.1) is 17.8 Å². The summed E-state index contributed by atoms with van der Waals surface area (Å²) in [4.78, 5) is 31.7. The number of pyridine rings is 1. The summed E-state index contributed by atoms with van der Waals surface area (Å²) in [5, 5.41) is 16.8. The van der Waals surface area contributed by atoms with Crippen molar-refractivity contribution >= 4 is 11.8 Å². The first-order valence-electron chi connectivity index (χ1n) is 13.2. The molecule has 3 fully saturated rings. The molecule has 2 aromatic rings. The topological polar surface area (TPSA) is 94.6 Å². The van der Waals surface area contributed by atoms with Crippen molar-refractivity contribution in [3.8, 4) is 0 Å². The summed E-state index contributed by atoms with van der Waals surface area (Å²) in [7, 11) is 0. The molecule has 3 unspecified atom stereocenters. The van der Waals surface area contributed by atoms with E-state index >= 15 is 0 Å². The van der Waals surface area contributed by atoms with Crippen molar-refractivity contribution in [2.24, 2.45) is 11.8 Å². The van der Waals surface area contributed by atoms with Crippen LogP contribution in [0.5, 0.6) is 0 Å². The summed E-state index contributed by atoms with van der Waals surface area (Å²) < 4.78 is 38.7. The lowest BCUT2D eigenvalue weighted by Gasteiger charge is -2.44. The second-order valence-corrected chi connectivity index (χ2v) is 11.1. The minimum Gasteiger partial charge on any atom is -0.384 e. The lowest BCUT2D eigenvalue weighted by atomic mass is 9.72. The van der Waals surface area contributed by atoms with Gasteiger partial charge in [0.1, 0.15) is 5.60 Å². The molecule has 3 aliphatic rings. The highest BCUT2D eigenvalue weighted by atomic mass is 19.4. The van der Waals surface area contributed by atoms with Crippen LogP contribution in [0.1, 0.15) is 59.3 Å². The van der Waals surface area contributed by atoms with Gasteiger partial charge >= 0.3 is 6.18 Å². The molecular weight excluding hydrogens is 497 g/mol. The van der Waals surface area contributed by atoms with Crippen LogP contribution in [-0.4, -0.2) is 58.5 Å². The molecule has 5 rings (SSSR count). The maximum Gasteiger partial charge on any atom is 0.416 e. The van der Waals surface area contributed by atoms with E-state index in [1.165, 1.54) is 12.1 Å². The first-order chi connectivity index (χ1) is 18.0. The maximum absolute atomic E-state index is 12.9. The average Bonchev–Trinajstić information content (AvgIpc) is 3.44. The molecule has 38 heavy (non-hydrogen) atoms. The van der Waals surface area contributed by atoms with Gasteiger partial charge in [-0.25, -0.2) is 0 Å². The molecule has 2 saturated carbocycles. The zero-order valence-corrected chi connectivity index (χ0v) is 21.3. The van der Waals surface area contributed by atoms with Crippen molar-refractivity contribution in [3.63, 3.8) is 0 Å². The van der Waals surface area contributed by atoms with E-state index in [9.17, 15) is 27.9 Å². The number of amides is 2. The van der Waals surface area contributed by atoms with Crippen LogP contribution in [0, 0.1) is 18.8 Å². The first-order valence-corrected chi connectivity index (χ1v) is 13.2. The number of aromatic nitrogens is 1. The SMILES string of the molecule is Cc1ccc(C2(O)CC3CCC(C2)C3N2CCC(NC(=O)CNC(=O)c3cccc(C(F)(F)F)c3)C2)nc1. The third kappa shape index (κ3) is 5.56. The molecule has 3 atom stereocenters. The first kappa shape index (κ1) is 26.6. The highest BCUT2D eigenvalue weighted by Gasteiger charge is 2.52. The molecule has 1 aromatic heterocycles. The Morgan fingerprint density at radius 3 is 2.53 bits per heavy atom. The number of nitrogens with one attached hydrogen (secondary N) is 2. The van der Waals surface area contributed by atoms with Crippen LogP contribution in [-0.2, 0) is 16.6 Å². The van der Waals surface area contributed by atoms with E-state index in [2.05, 4.69) is 20.5 Å². The molecule has 204 valence electrons. The summed E-state index contributed by atoms with van der Waals surface area (Å²) in [6.45, 7) is 3.22. The fraction of sp³-hybridized carbons (Fsp3) is 0.536. The molecule has 2 heterocycles. The minimum absolute atomic E-state index is 0.0630. The van der Waals surface area contributed by atoms with E-state index in [-0.39, 0.29) is 24.1 Å². The van der Waals surface area contributed by atoms with Crippen LogP contribution in [0.2, 0.25) is 0 Å². The van der Waals surface area contributed by atoms with Crippen LogP contribution in [0.25, 0.3) is 0 Å². The molecule has 0 radical (unpaired) electrons. The Bertz CT molecular complexity index is 1170. The molecule has 2 bridgehead atoms. The lowest BCUT2D eigenvalue weighted by Crippen LogP contribution is -2.50. The van der Waals surface area contributed by atoms with Gasteiger partial charge in [-0.2, -0.15) is 13.2 Å². The molecule has 3 N–H and O–H groups in total. The number of benzene rings is 1. The number of hydrogen-bond acceptors (Lipinski definition) is 5. The van der Waals surface area contributed by atoms with E-state index in [0.29, 0.717) is 37.3 Å². The molecule has 2 aliphatic carbocycles. The normalized spacial score (nSPS) is 29.3. The quantitative estimate of drug-likeness (QED) is 0.532. The maximum atomic E-state index is 12.9. The van der Waals surface area contributed by atoms with Gasteiger partial charge in [-0.05, 0) is 80.7 Å². The number of likely N-dealkylation sites (tertiary alicyclic amines) is 1. The Labute approximate surface area is 219 Å². The predicted octanol–water partition coefficient (Wildman–Crippen LogP) is 3.41. The summed E-state index contributed by atoms with van der Waals surface area (Å²) in [5.74, 6) is -0.372. The van der Waals surface area contributed by atoms with Gasteiger partial charge in [0.25, 0.3) is 5.91 Å². The fourth-order valence-corrected chi connectivity index (χ4v) is 6.65. The summed E-state index contributed by atoms with van der Waals surface area (Å²) >= 11 is 0. The third-order valence-corrected chi connectivity index (χ3v) is 8.33. The number of carbonyl (C=O) groups excluding carboxylic acids is 2. The van der Waals surface area contributed by atoms with Crippen LogP contribution in [0.15, 0.2) is 42.6 Å². The zero-order valence-electron chi connectivity index (χ0n) is 21.3. The van der Waals surface area contributed by atoms with Crippen molar-refractivity contribution < 1.29 is 27.9 Å². The zero-order chi connectivity index (χ0) is 27.1. The summed E-state index contributed by atoms with van der Waals surface area (Å²) in [6, 6.07) is 8.35. The smallest absolute Gasteiger partial charge is 0.384 e. The number of carbonyl (C=O) groups is 2. The molecule has 1 aromatic carbocycles. The molecule has 1 saturated heterocycles. The Hall–Kier alpha value is -2.98. The van der Waals surface area contributed by atoms with Gasteiger partial charge in [0.2, 0.25) is 5.91 Å². The number of aliphatic hydroxyl groups is 1. The van der Waals surface area contributed by atoms with Gasteiger partial charge in [-0.15, -0.1) is 0 Å². The summed E-state index contributed by atoms with van der Waals surface area (Å²) in [6.07, 6.45) is 1.54. The number of fused-ring (bicyclic) bond motifs is 2. The average molecular weight is 531 g/mol. The lowest BCUT2D eigenvalue weighted by molar-refractivity contribution is -0.137. The van der Waals surface area contributed by atoms with Crippen molar-refractivity contribution in [3.05, 3.63) is 65.0 Å². The largest absolute Gasteiger partial charge is 0.416 e. The highest BCUT2D eigenvalue weighted by molar-refractivity contribution is 5.96. The van der Waals surface area contributed by atoms with Crippen molar-refractivity contribution in [2.75, 3.05) is 19.6 Å². The van der Waals surface area contributed by atoms with Gasteiger partial charge in [0, 0.05) is 36.9 Å². The fourth-order valence-electron chi connectivity index (χ4n) is 6.65. The van der Waals surface area contributed by atoms with E-state index in [1.54, 1.807) is 6.20 Å². The second kappa shape index (κ2) is 10.3. The van der Waals surface area contributed by atoms with Crippen LogP contribution < -0.4 is 10.6 Å². The molecule has 2 amide bonds. The van der Waals surface area contributed by atoms with Crippen LogP contribution >= 0.6 is 0 Å². The second-order valence-electron chi connectivity index (χ2n) is 11.1. The predicted molar refractivity (Wildman–Crippen MR) is 134 cm³/mol. The minimum atomic E-state index is -4.55. The molecule has 1 aliphatic heterocycles. The summed E-state index contributed by atoms with van der Waals surface area (Å²) in [5.41, 5.74) is -0.146. The number of nitrogens with zero attached hydrogens (tertiary/aromatic N) is 2. The van der Waals surface area contributed by atoms with E-state index in [4.69, 9.17) is 0 Å². The number of hydrogen-bond donors (Lipinski definition) is 3. The monoisotopic (exact) mass is 530 g/mol. The third-order valence-electron chi connectivity index (χ3n) is 8.33. The highest BCUT2D eigenvalue weighted by Crippen LogP contribution is 2.52. The van der Waals surface area contributed by atoms with Gasteiger partial charge < -0.3 is 15.7 Å². The molecule has 7 nitrogen and oxygen atoms in total. The molecule has 10 heteroatoms. The van der Waals surface area contributed by atoms with Gasteiger partial charge in [-0.1, -0.05) is 12.1 Å². The number of alkyl halides is 3. The Kier molecular flexibility index (Phi) is 7.21. The van der Waals surface area contributed by atoms with Crippen molar-refractivity contribution in [2.45, 2.75) is 62.9 Å². The number of halogens is 3. The van der Waals surface area contributed by atoms with Crippen LogP contribution in [0.4, 0.5) is 13.2 Å². The molecule has 0 spiro atoms. The number of rotatable bonds is 6. The van der Waals surface area contributed by atoms with E-state index < -0.39 is 23.2 Å². The van der Waals surface area contributed by atoms with E-state index in [0.717, 1.165) is 49.2 Å². The van der Waals surface area contributed by atoms with Crippen LogP contribution in [0.3, 0.4) is 0 Å². The Balaban J connectivity index is 1.12. The van der Waals surface area contributed by atoms with E-state index in [1.807, 2.05) is 19.1 Å². The Morgan fingerprint density at radius 2 is 1.87 bits per heavy atom. The molecular formula is C28H33F3N4O3. The van der Waals surface area contributed by atoms with Crippen molar-refractivity contribution in [1.29, 1.82) is 0 Å². The number of aryl methyl sites for hydroxylation is 1. The van der Waals surface area contributed by atoms with Crippen molar-refractivity contribution in [1.82, 2.24) is 20.5 Å². The standard InChI is InChI=1S/C28H33F3N4O3/c1-17-5-8-23(32-14-17)27(38)12-19-6-7-20(13-27)25(19)35-10-9-22(16-35)34-24(36)15-33-26(37)18-3-2-4-21(11-18)28(29,30)31/h2-5,8,11,14,19-20,22,25,38H,6-7,9-10,12-13,15-16H2,1H3,(H,33,37)(H,34,36). The van der Waals surface area contributed by atoms with Gasteiger partial charge in [0.15, 0.2) is 0 Å². The Morgan fingerprint density at radius 1 is 1.13 bits per heavy atom. The van der Waals surface area contributed by atoms with Gasteiger partial charge in [-0.3, -0.25) is 19.5 Å².